The number of methoxy groups -OCH3 is 1. The van der Waals surface area contributed by atoms with Gasteiger partial charge in [-0.15, -0.1) is 0 Å². The Bertz CT molecular complexity index is 1500. The monoisotopic (exact) mass is 552 g/mol. The van der Waals surface area contributed by atoms with Crippen LogP contribution in [0.25, 0.3) is 33.8 Å². The second-order valence-electron chi connectivity index (χ2n) is 11.0. The highest BCUT2D eigenvalue weighted by Gasteiger charge is 2.33. The largest absolute Gasteiger partial charge is 0.439 e. The number of aromatic nitrogens is 6. The molecule has 0 amide bonds. The number of halogens is 1. The predicted octanol–water partition coefficient (Wildman–Crippen LogP) is 5.26. The summed E-state index contributed by atoms with van der Waals surface area (Å²) in [5, 5.41) is 4.37. The van der Waals surface area contributed by atoms with Crippen LogP contribution in [0.4, 0.5) is 0 Å². The maximum atomic E-state index is 11.7. The molecule has 0 aliphatic heterocycles. The molecule has 0 saturated heterocycles. The smallest absolute Gasteiger partial charge is 0.382 e. The van der Waals surface area contributed by atoms with Crippen LogP contribution >= 0.6 is 11.6 Å². The number of hydrogen-bond acceptors (Lipinski definition) is 8. The van der Waals surface area contributed by atoms with Gasteiger partial charge in [0.2, 0.25) is 5.82 Å². The van der Waals surface area contributed by atoms with E-state index in [9.17, 15) is 4.79 Å². The van der Waals surface area contributed by atoms with Gasteiger partial charge in [-0.25, -0.2) is 14.8 Å². The summed E-state index contributed by atoms with van der Waals surface area (Å²) in [5.41, 5.74) is 3.49. The first-order valence-corrected chi connectivity index (χ1v) is 14.0. The lowest BCUT2D eigenvalue weighted by molar-refractivity contribution is -0.0266. The third-order valence-corrected chi connectivity index (χ3v) is 8.15. The summed E-state index contributed by atoms with van der Waals surface area (Å²) in [5.74, 6) is 2.27. The Balaban J connectivity index is 1.47. The molecule has 2 fully saturated rings. The maximum Gasteiger partial charge on any atom is 0.439 e. The van der Waals surface area contributed by atoms with E-state index >= 15 is 0 Å². The lowest BCUT2D eigenvalue weighted by Gasteiger charge is -2.27. The van der Waals surface area contributed by atoms with E-state index < -0.39 is 5.76 Å². The van der Waals surface area contributed by atoms with Crippen LogP contribution in [0.1, 0.15) is 51.3 Å². The quantitative estimate of drug-likeness (QED) is 0.283. The zero-order valence-corrected chi connectivity index (χ0v) is 23.0. The molecule has 1 atom stereocenters. The molecule has 4 heterocycles. The van der Waals surface area contributed by atoms with Crippen molar-refractivity contribution in [2.75, 3.05) is 13.7 Å². The number of rotatable bonds is 10. The topological polar surface area (TPSA) is 121 Å². The Hall–Kier alpha value is -3.08. The van der Waals surface area contributed by atoms with Gasteiger partial charge >= 0.3 is 5.76 Å². The number of pyridine rings is 2. The molecule has 1 N–H and O–H groups in total. The fourth-order valence-electron chi connectivity index (χ4n) is 5.62. The van der Waals surface area contributed by atoms with Crippen molar-refractivity contribution in [2.45, 2.75) is 64.7 Å². The third kappa shape index (κ3) is 5.78. The van der Waals surface area contributed by atoms with Gasteiger partial charge in [-0.1, -0.05) is 36.5 Å². The number of ether oxygens (including phenoxy) is 2. The molecule has 206 valence electrons. The first-order valence-electron chi connectivity index (χ1n) is 13.7. The van der Waals surface area contributed by atoms with Gasteiger partial charge in [0.1, 0.15) is 18.1 Å². The first-order chi connectivity index (χ1) is 19.0. The zero-order valence-electron chi connectivity index (χ0n) is 22.2. The predicted molar refractivity (Wildman–Crippen MR) is 146 cm³/mol. The van der Waals surface area contributed by atoms with E-state index in [1.807, 2.05) is 12.1 Å². The number of hydrogen-bond donors (Lipinski definition) is 1. The molecule has 4 aromatic heterocycles. The van der Waals surface area contributed by atoms with Crippen LogP contribution in [-0.2, 0) is 22.6 Å². The van der Waals surface area contributed by atoms with E-state index in [1.54, 1.807) is 19.5 Å². The van der Waals surface area contributed by atoms with E-state index in [0.29, 0.717) is 41.5 Å². The first kappa shape index (κ1) is 26.2. The van der Waals surface area contributed by atoms with Gasteiger partial charge in [-0.2, -0.15) is 0 Å². The summed E-state index contributed by atoms with van der Waals surface area (Å²) >= 11 is 6.35. The van der Waals surface area contributed by atoms with Crippen molar-refractivity contribution in [2.24, 2.45) is 17.8 Å². The minimum atomic E-state index is -0.645. The number of imidazole rings is 1. The minimum Gasteiger partial charge on any atom is -0.382 e. The van der Waals surface area contributed by atoms with Crippen LogP contribution < -0.4 is 5.76 Å². The standard InChI is InChI=1S/C28H33ClN6O4/c1-16-3-5-17(6-4-16)13-35-24(15-38-23(14-37-2)18-7-8-18)31-21-10-22(27-33-28(36)39-34-27)32-25(26(21)35)19-9-20(29)12-30-11-19/h9-12,16-18,23H,3-8,13-15H2,1-2H3,(H,33,34,36)/t16-,17-,23?. The van der Waals surface area contributed by atoms with Crippen LogP contribution in [0.3, 0.4) is 0 Å². The molecule has 1 unspecified atom stereocenters. The maximum absolute atomic E-state index is 11.7. The van der Waals surface area contributed by atoms with Crippen molar-refractivity contribution in [3.05, 3.63) is 45.9 Å². The molecule has 39 heavy (non-hydrogen) atoms. The highest BCUT2D eigenvalue weighted by atomic mass is 35.5. The summed E-state index contributed by atoms with van der Waals surface area (Å²) in [4.78, 5) is 28.6. The average Bonchev–Trinajstić information content (AvgIpc) is 3.59. The van der Waals surface area contributed by atoms with E-state index in [-0.39, 0.29) is 11.9 Å². The van der Waals surface area contributed by atoms with Crippen molar-refractivity contribution in [3.63, 3.8) is 0 Å². The SMILES string of the molecule is COCC(OCc1nc2cc(-c3noc(=O)[nH]3)nc(-c3cncc(Cl)c3)c2n1C[C@H]1CC[C@H](C)CC1)C1CC1. The Morgan fingerprint density at radius 2 is 1.97 bits per heavy atom. The highest BCUT2D eigenvalue weighted by molar-refractivity contribution is 6.30. The van der Waals surface area contributed by atoms with Crippen LogP contribution in [-0.4, -0.2) is 49.5 Å². The van der Waals surface area contributed by atoms with Gasteiger partial charge in [0.25, 0.3) is 0 Å². The lowest BCUT2D eigenvalue weighted by Crippen LogP contribution is -2.23. The van der Waals surface area contributed by atoms with Crippen molar-refractivity contribution < 1.29 is 14.0 Å². The number of nitrogens with one attached hydrogen (secondary N) is 1. The van der Waals surface area contributed by atoms with Gasteiger partial charge < -0.3 is 14.0 Å². The molecule has 0 radical (unpaired) electrons. The van der Waals surface area contributed by atoms with E-state index in [2.05, 4.69) is 26.6 Å². The van der Waals surface area contributed by atoms with E-state index in [4.69, 9.17) is 35.6 Å². The fourth-order valence-corrected chi connectivity index (χ4v) is 5.79. The van der Waals surface area contributed by atoms with Crippen LogP contribution in [0, 0.1) is 17.8 Å². The highest BCUT2D eigenvalue weighted by Crippen LogP contribution is 2.37. The molecule has 10 nitrogen and oxygen atoms in total. The molecular weight excluding hydrogens is 520 g/mol. The van der Waals surface area contributed by atoms with Gasteiger partial charge in [0.05, 0.1) is 34.5 Å². The third-order valence-electron chi connectivity index (χ3n) is 7.95. The van der Waals surface area contributed by atoms with Crippen LogP contribution in [0.2, 0.25) is 5.02 Å². The molecular formula is C28H33ClN6O4. The van der Waals surface area contributed by atoms with Crippen molar-refractivity contribution in [1.82, 2.24) is 29.7 Å². The molecule has 2 aliphatic rings. The van der Waals surface area contributed by atoms with Crippen LogP contribution in [0.5, 0.6) is 0 Å². The van der Waals surface area contributed by atoms with Crippen molar-refractivity contribution in [3.8, 4) is 22.8 Å². The molecule has 0 aromatic carbocycles. The second-order valence-corrected chi connectivity index (χ2v) is 11.4. The normalized spacial score (nSPS) is 20.5. The summed E-state index contributed by atoms with van der Waals surface area (Å²) in [7, 11) is 1.71. The number of aromatic amines is 1. The number of nitrogens with zero attached hydrogens (tertiary/aromatic N) is 5. The Labute approximate surface area is 231 Å². The molecule has 11 heteroatoms. The van der Waals surface area contributed by atoms with Gasteiger partial charge in [0.15, 0.2) is 0 Å². The van der Waals surface area contributed by atoms with Crippen molar-refractivity contribution >= 4 is 22.6 Å². The molecule has 0 spiro atoms. The molecule has 2 saturated carbocycles. The van der Waals surface area contributed by atoms with Gasteiger partial charge in [-0.05, 0) is 55.6 Å². The molecule has 0 bridgehead atoms. The van der Waals surface area contributed by atoms with Crippen LogP contribution in [0.15, 0.2) is 33.8 Å². The van der Waals surface area contributed by atoms with Crippen molar-refractivity contribution in [1.29, 1.82) is 0 Å². The average molecular weight is 553 g/mol. The number of H-pyrrole nitrogens is 1. The summed E-state index contributed by atoms with van der Waals surface area (Å²) in [6, 6.07) is 3.67. The Morgan fingerprint density at radius 3 is 2.67 bits per heavy atom. The summed E-state index contributed by atoms with van der Waals surface area (Å²) in [6.45, 7) is 4.09. The van der Waals surface area contributed by atoms with E-state index in [1.165, 1.54) is 38.5 Å². The Kier molecular flexibility index (Phi) is 7.51. The lowest BCUT2D eigenvalue weighted by atomic mass is 9.83. The molecule has 2 aliphatic carbocycles. The minimum absolute atomic E-state index is 0.0456. The van der Waals surface area contributed by atoms with E-state index in [0.717, 1.165) is 34.9 Å². The summed E-state index contributed by atoms with van der Waals surface area (Å²) < 4.78 is 18.9. The summed E-state index contributed by atoms with van der Waals surface area (Å²) in [6.07, 6.45) is 10.5. The van der Waals surface area contributed by atoms with Gasteiger partial charge in [0, 0.05) is 31.6 Å². The zero-order chi connectivity index (χ0) is 26.9. The Morgan fingerprint density at radius 1 is 1.15 bits per heavy atom. The number of fused-ring (bicyclic) bond motifs is 1. The fraction of sp³-hybridized carbons (Fsp3) is 0.536. The molecule has 6 rings (SSSR count). The second kappa shape index (κ2) is 11.2. The van der Waals surface area contributed by atoms with Gasteiger partial charge in [-0.3, -0.25) is 14.5 Å². The molecule has 4 aromatic rings.